The monoisotopic (exact) mass is 282 g/mol. The van der Waals surface area contributed by atoms with Gasteiger partial charge in [-0.05, 0) is 46.5 Å². The molecule has 4 nitrogen and oxygen atoms in total. The van der Waals surface area contributed by atoms with Gasteiger partial charge in [0, 0.05) is 24.7 Å². The first-order valence-corrected chi connectivity index (χ1v) is 8.20. The van der Waals surface area contributed by atoms with Crippen molar-refractivity contribution in [3.8, 4) is 0 Å². The molecule has 2 unspecified atom stereocenters. The molecule has 1 rings (SSSR count). The summed E-state index contributed by atoms with van der Waals surface area (Å²) >= 11 is 0. The molecule has 4 heteroatoms. The van der Waals surface area contributed by atoms with Gasteiger partial charge in [0.05, 0.1) is 6.54 Å². The Hall–Kier alpha value is -0.770. The molecular weight excluding hydrogens is 248 g/mol. The van der Waals surface area contributed by atoms with Crippen LogP contribution in [0.3, 0.4) is 0 Å². The molecule has 1 saturated carbocycles. The predicted molar refractivity (Wildman–Crippen MR) is 88.3 cm³/mol. The summed E-state index contributed by atoms with van der Waals surface area (Å²) in [6, 6.07) is 0.590. The van der Waals surface area contributed by atoms with Crippen LogP contribution < -0.4 is 16.0 Å². The van der Waals surface area contributed by atoms with E-state index in [2.05, 4.69) is 55.6 Å². The third-order valence-electron chi connectivity index (χ3n) is 3.66. The van der Waals surface area contributed by atoms with E-state index < -0.39 is 0 Å². The number of rotatable bonds is 5. The van der Waals surface area contributed by atoms with Crippen LogP contribution in [-0.4, -0.2) is 37.2 Å². The molecule has 0 bridgehead atoms. The number of nitrogens with zero attached hydrogens (tertiary/aromatic N) is 1. The van der Waals surface area contributed by atoms with E-state index in [0.717, 1.165) is 31.5 Å². The number of hydrogen-bond acceptors (Lipinski definition) is 2. The maximum absolute atomic E-state index is 4.67. The number of guanidine groups is 1. The number of aliphatic imine (C=N–C) groups is 1. The van der Waals surface area contributed by atoms with E-state index in [1.165, 1.54) is 25.7 Å². The van der Waals surface area contributed by atoms with Crippen LogP contribution in [0.2, 0.25) is 0 Å². The molecular formula is C16H34N4. The highest BCUT2D eigenvalue weighted by molar-refractivity contribution is 5.80. The van der Waals surface area contributed by atoms with Gasteiger partial charge < -0.3 is 16.0 Å². The van der Waals surface area contributed by atoms with Crippen molar-refractivity contribution < 1.29 is 0 Å². The van der Waals surface area contributed by atoms with Gasteiger partial charge >= 0.3 is 0 Å². The molecule has 20 heavy (non-hydrogen) atoms. The molecule has 0 aromatic carbocycles. The molecule has 0 heterocycles. The Morgan fingerprint density at radius 1 is 1.25 bits per heavy atom. The molecule has 0 aromatic heterocycles. The number of nitrogens with one attached hydrogen (secondary N) is 3. The Morgan fingerprint density at radius 3 is 2.60 bits per heavy atom. The lowest BCUT2D eigenvalue weighted by molar-refractivity contribution is 0.324. The van der Waals surface area contributed by atoms with Crippen molar-refractivity contribution in [3.05, 3.63) is 0 Å². The van der Waals surface area contributed by atoms with Gasteiger partial charge in [-0.1, -0.05) is 19.8 Å². The second-order valence-electron chi connectivity index (χ2n) is 7.05. The smallest absolute Gasteiger partial charge is 0.191 e. The van der Waals surface area contributed by atoms with Crippen LogP contribution in [0.15, 0.2) is 4.99 Å². The lowest BCUT2D eigenvalue weighted by Gasteiger charge is -2.29. The quantitative estimate of drug-likeness (QED) is 0.412. The van der Waals surface area contributed by atoms with E-state index in [9.17, 15) is 0 Å². The standard InChI is InChI=1S/C16H34N4/c1-6-17-15(18-10-11-19-16(3,4)5)20-14-9-7-8-13(2)12-14/h13-14,19H,6-12H2,1-5H3,(H2,17,18,20). The minimum Gasteiger partial charge on any atom is -0.357 e. The summed E-state index contributed by atoms with van der Waals surface area (Å²) in [6.45, 7) is 13.7. The molecule has 0 radical (unpaired) electrons. The molecule has 1 aliphatic carbocycles. The van der Waals surface area contributed by atoms with E-state index in [-0.39, 0.29) is 5.54 Å². The molecule has 2 atom stereocenters. The molecule has 3 N–H and O–H groups in total. The Labute approximate surface area is 125 Å². The maximum atomic E-state index is 4.67. The van der Waals surface area contributed by atoms with Crippen molar-refractivity contribution in [3.63, 3.8) is 0 Å². The third-order valence-corrected chi connectivity index (χ3v) is 3.66. The minimum atomic E-state index is 0.167. The average Bonchev–Trinajstić information content (AvgIpc) is 2.33. The summed E-state index contributed by atoms with van der Waals surface area (Å²) in [7, 11) is 0. The fraction of sp³-hybridized carbons (Fsp3) is 0.938. The molecule has 0 aliphatic heterocycles. The Morgan fingerprint density at radius 2 is 2.00 bits per heavy atom. The van der Waals surface area contributed by atoms with E-state index in [1.807, 2.05) is 0 Å². The van der Waals surface area contributed by atoms with Gasteiger partial charge in [0.25, 0.3) is 0 Å². The van der Waals surface area contributed by atoms with E-state index in [0.29, 0.717) is 6.04 Å². The van der Waals surface area contributed by atoms with E-state index in [4.69, 9.17) is 0 Å². The second-order valence-corrected chi connectivity index (χ2v) is 7.05. The van der Waals surface area contributed by atoms with Crippen molar-refractivity contribution in [1.82, 2.24) is 16.0 Å². The molecule has 0 aromatic rings. The molecule has 118 valence electrons. The third kappa shape index (κ3) is 7.73. The highest BCUT2D eigenvalue weighted by atomic mass is 15.2. The van der Waals surface area contributed by atoms with Crippen molar-refractivity contribution in [1.29, 1.82) is 0 Å². The highest BCUT2D eigenvalue weighted by Gasteiger charge is 2.19. The van der Waals surface area contributed by atoms with Gasteiger partial charge in [0.2, 0.25) is 0 Å². The van der Waals surface area contributed by atoms with Gasteiger partial charge in [-0.25, -0.2) is 0 Å². The maximum Gasteiger partial charge on any atom is 0.191 e. The molecule has 0 amide bonds. The van der Waals surface area contributed by atoms with Crippen molar-refractivity contribution in [2.75, 3.05) is 19.6 Å². The summed E-state index contributed by atoms with van der Waals surface area (Å²) < 4.78 is 0. The first-order chi connectivity index (χ1) is 9.40. The Bertz CT molecular complexity index is 293. The summed E-state index contributed by atoms with van der Waals surface area (Å²) in [5, 5.41) is 10.4. The first kappa shape index (κ1) is 17.3. The van der Waals surface area contributed by atoms with Crippen molar-refractivity contribution in [2.24, 2.45) is 10.9 Å². The van der Waals surface area contributed by atoms with Gasteiger partial charge in [0.1, 0.15) is 0 Å². The normalized spacial score (nSPS) is 24.6. The van der Waals surface area contributed by atoms with Gasteiger partial charge in [-0.3, -0.25) is 4.99 Å². The zero-order valence-electron chi connectivity index (χ0n) is 14.1. The fourth-order valence-corrected chi connectivity index (χ4v) is 2.68. The fourth-order valence-electron chi connectivity index (χ4n) is 2.68. The van der Waals surface area contributed by atoms with Crippen LogP contribution in [0, 0.1) is 5.92 Å². The van der Waals surface area contributed by atoms with Crippen LogP contribution in [-0.2, 0) is 0 Å². The lowest BCUT2D eigenvalue weighted by Crippen LogP contribution is -2.45. The van der Waals surface area contributed by atoms with Crippen LogP contribution >= 0.6 is 0 Å². The molecule has 1 aliphatic rings. The average molecular weight is 282 g/mol. The largest absolute Gasteiger partial charge is 0.357 e. The highest BCUT2D eigenvalue weighted by Crippen LogP contribution is 2.23. The predicted octanol–water partition coefficient (Wildman–Crippen LogP) is 2.51. The van der Waals surface area contributed by atoms with Crippen LogP contribution in [0.4, 0.5) is 0 Å². The van der Waals surface area contributed by atoms with Crippen molar-refractivity contribution >= 4 is 5.96 Å². The van der Waals surface area contributed by atoms with E-state index >= 15 is 0 Å². The summed E-state index contributed by atoms with van der Waals surface area (Å²) in [4.78, 5) is 4.67. The molecule has 0 spiro atoms. The zero-order chi connectivity index (χ0) is 15.0. The van der Waals surface area contributed by atoms with Gasteiger partial charge in [-0.15, -0.1) is 0 Å². The lowest BCUT2D eigenvalue weighted by atomic mass is 9.87. The van der Waals surface area contributed by atoms with Crippen LogP contribution in [0.25, 0.3) is 0 Å². The minimum absolute atomic E-state index is 0.167. The topological polar surface area (TPSA) is 48.5 Å². The summed E-state index contributed by atoms with van der Waals surface area (Å²) in [5.41, 5.74) is 0.167. The van der Waals surface area contributed by atoms with Crippen LogP contribution in [0.5, 0.6) is 0 Å². The molecule has 0 saturated heterocycles. The molecule has 1 fully saturated rings. The van der Waals surface area contributed by atoms with E-state index in [1.54, 1.807) is 0 Å². The Kier molecular flexibility index (Phi) is 7.35. The van der Waals surface area contributed by atoms with Gasteiger partial charge in [-0.2, -0.15) is 0 Å². The van der Waals surface area contributed by atoms with Crippen LogP contribution in [0.1, 0.15) is 60.3 Å². The summed E-state index contributed by atoms with van der Waals surface area (Å²) in [5.74, 6) is 1.81. The van der Waals surface area contributed by atoms with Gasteiger partial charge in [0.15, 0.2) is 5.96 Å². The Balaban J connectivity index is 2.38. The SMILES string of the molecule is CCNC(=NCCNC(C)(C)C)NC1CCCC(C)C1. The first-order valence-electron chi connectivity index (χ1n) is 8.20. The summed E-state index contributed by atoms with van der Waals surface area (Å²) in [6.07, 6.45) is 5.25. The second kappa shape index (κ2) is 8.50. The van der Waals surface area contributed by atoms with Crippen molar-refractivity contribution in [2.45, 2.75) is 71.9 Å². The number of hydrogen-bond donors (Lipinski definition) is 3. The zero-order valence-corrected chi connectivity index (χ0v) is 14.1.